The van der Waals surface area contributed by atoms with Gasteiger partial charge in [-0.05, 0) is 73.2 Å². The zero-order valence-corrected chi connectivity index (χ0v) is 19.6. The lowest BCUT2D eigenvalue weighted by molar-refractivity contribution is -0.131. The van der Waals surface area contributed by atoms with Gasteiger partial charge in [-0.3, -0.25) is 19.5 Å². The molecule has 1 N–H and O–H groups in total. The number of carbonyl (C=O) groups excluding carboxylic acids is 2. The lowest BCUT2D eigenvalue weighted by Crippen LogP contribution is -2.32. The number of aliphatic imine (C=N–C) groups is 1. The topological polar surface area (TPSA) is 68.8 Å². The number of amides is 2. The molecule has 0 atom stereocenters. The van der Waals surface area contributed by atoms with Crippen molar-refractivity contribution in [3.63, 3.8) is 0 Å². The molecule has 3 aromatic rings. The van der Waals surface area contributed by atoms with E-state index in [9.17, 15) is 9.59 Å². The third kappa shape index (κ3) is 3.81. The Hall–Kier alpha value is -3.41. The molecule has 0 unspecified atom stereocenters. The van der Waals surface area contributed by atoms with Crippen molar-refractivity contribution in [3.8, 4) is 11.1 Å². The molecule has 4 aliphatic rings. The number of carbonyl (C=O) groups is 2. The second kappa shape index (κ2) is 8.12. The van der Waals surface area contributed by atoms with Crippen molar-refractivity contribution in [2.75, 3.05) is 20.1 Å². The molecule has 2 saturated carbocycles. The van der Waals surface area contributed by atoms with Crippen LogP contribution < -0.4 is 0 Å². The molecular formula is C28H30N4O2. The summed E-state index contributed by atoms with van der Waals surface area (Å²) in [4.78, 5) is 35.2. The highest BCUT2D eigenvalue weighted by atomic mass is 16.2. The molecule has 3 fully saturated rings. The maximum absolute atomic E-state index is 12.3. The van der Waals surface area contributed by atoms with Gasteiger partial charge in [0, 0.05) is 43.3 Å². The number of hydrogen-bond donors (Lipinski definition) is 1. The predicted molar refractivity (Wildman–Crippen MR) is 134 cm³/mol. The molecule has 6 nitrogen and oxygen atoms in total. The van der Waals surface area contributed by atoms with E-state index in [1.54, 1.807) is 4.90 Å². The van der Waals surface area contributed by atoms with Crippen LogP contribution >= 0.6 is 0 Å². The minimum atomic E-state index is -0.428. The largest absolute Gasteiger partial charge is 0.361 e. The van der Waals surface area contributed by atoms with Crippen LogP contribution in [-0.4, -0.2) is 58.1 Å². The number of amidine groups is 1. The van der Waals surface area contributed by atoms with Crippen molar-refractivity contribution in [1.82, 2.24) is 14.8 Å². The van der Waals surface area contributed by atoms with Crippen molar-refractivity contribution in [2.45, 2.75) is 44.1 Å². The molecule has 174 valence electrons. The number of benzene rings is 2. The number of hydrogen-bond acceptors (Lipinski definition) is 3. The molecule has 2 aromatic carbocycles. The number of likely N-dealkylation sites (tertiary alicyclic amines) is 1. The first kappa shape index (κ1) is 21.1. The van der Waals surface area contributed by atoms with Crippen molar-refractivity contribution >= 4 is 28.6 Å². The lowest BCUT2D eigenvalue weighted by Gasteiger charge is -2.13. The summed E-state index contributed by atoms with van der Waals surface area (Å²) in [5, 5.41) is 1.21. The van der Waals surface area contributed by atoms with Gasteiger partial charge in [-0.1, -0.05) is 30.3 Å². The van der Waals surface area contributed by atoms with E-state index in [2.05, 4.69) is 58.5 Å². The zero-order valence-electron chi connectivity index (χ0n) is 19.6. The van der Waals surface area contributed by atoms with Crippen LogP contribution in [0.25, 0.3) is 22.0 Å². The average molecular weight is 455 g/mol. The van der Waals surface area contributed by atoms with E-state index < -0.39 is 5.54 Å². The molecule has 2 amide bonds. The average Bonchev–Trinajstić information content (AvgIpc) is 3.73. The van der Waals surface area contributed by atoms with Crippen LogP contribution in [0, 0.1) is 5.92 Å². The van der Waals surface area contributed by atoms with E-state index in [0.29, 0.717) is 11.8 Å². The number of likely N-dealkylation sites (N-methyl/N-ethyl adjacent to an activating group) is 1. The van der Waals surface area contributed by atoms with Crippen LogP contribution in [0.15, 0.2) is 59.7 Å². The Balaban J connectivity index is 0.000000182. The number of fused-ring (bicyclic) bond motifs is 1. The van der Waals surface area contributed by atoms with Crippen LogP contribution in [-0.2, 0) is 9.59 Å². The summed E-state index contributed by atoms with van der Waals surface area (Å²) in [5.74, 6) is 1.79. The highest BCUT2D eigenvalue weighted by Gasteiger charge is 2.56. The monoisotopic (exact) mass is 454 g/mol. The number of rotatable bonds is 3. The van der Waals surface area contributed by atoms with Gasteiger partial charge < -0.3 is 9.88 Å². The maximum atomic E-state index is 12.3. The minimum absolute atomic E-state index is 0.138. The van der Waals surface area contributed by atoms with Gasteiger partial charge in [0.15, 0.2) is 0 Å². The number of aromatic amines is 1. The fourth-order valence-corrected chi connectivity index (χ4v) is 5.01. The van der Waals surface area contributed by atoms with Gasteiger partial charge in [0.05, 0.1) is 0 Å². The van der Waals surface area contributed by atoms with Crippen molar-refractivity contribution in [3.05, 3.63) is 60.3 Å². The molecule has 2 aliphatic heterocycles. The highest BCUT2D eigenvalue weighted by Crippen LogP contribution is 2.45. The summed E-state index contributed by atoms with van der Waals surface area (Å²) in [6.07, 6.45) is 8.46. The quantitative estimate of drug-likeness (QED) is 0.628. The van der Waals surface area contributed by atoms with Gasteiger partial charge in [-0.25, -0.2) is 0 Å². The van der Waals surface area contributed by atoms with Crippen LogP contribution in [0.2, 0.25) is 0 Å². The summed E-state index contributed by atoms with van der Waals surface area (Å²) in [7, 11) is 1.82. The zero-order chi connectivity index (χ0) is 23.3. The number of nitrogens with one attached hydrogen (secondary N) is 1. The normalized spacial score (nSPS) is 20.5. The maximum Gasteiger partial charge on any atom is 0.255 e. The smallest absolute Gasteiger partial charge is 0.255 e. The number of H-pyrrole nitrogens is 1. The Labute approximate surface area is 199 Å². The molecule has 1 aromatic heterocycles. The minimum Gasteiger partial charge on any atom is -0.361 e. The highest BCUT2D eigenvalue weighted by molar-refractivity contribution is 6.16. The Morgan fingerprint density at radius 3 is 2.29 bits per heavy atom. The van der Waals surface area contributed by atoms with Crippen molar-refractivity contribution < 1.29 is 9.59 Å². The van der Waals surface area contributed by atoms with Gasteiger partial charge >= 0.3 is 0 Å². The van der Waals surface area contributed by atoms with E-state index >= 15 is 0 Å². The molecule has 3 heterocycles. The standard InChI is InChI=1S/C20H17N3O.C8H13NO/c1-23-18(22-20(9-10-20)19(23)24)14-4-2-13(3-5-14)15-6-7-17-16(12-15)8-11-21-17;10-8(7-3-4-7)9-5-1-2-6-9/h2-8,11-12,21H,9-10H2,1H3;7H,1-6H2. The third-order valence-corrected chi connectivity index (χ3v) is 7.44. The van der Waals surface area contributed by atoms with E-state index in [-0.39, 0.29) is 5.91 Å². The Morgan fingerprint density at radius 1 is 0.971 bits per heavy atom. The van der Waals surface area contributed by atoms with Crippen LogP contribution in [0.5, 0.6) is 0 Å². The molecule has 34 heavy (non-hydrogen) atoms. The van der Waals surface area contributed by atoms with Crippen LogP contribution in [0.1, 0.15) is 44.1 Å². The Bertz CT molecular complexity index is 1280. The lowest BCUT2D eigenvalue weighted by atomic mass is 10.0. The first-order valence-corrected chi connectivity index (χ1v) is 12.4. The molecule has 2 aliphatic carbocycles. The van der Waals surface area contributed by atoms with Gasteiger partial charge in [0.25, 0.3) is 5.91 Å². The Morgan fingerprint density at radius 2 is 1.65 bits per heavy atom. The number of aromatic nitrogens is 1. The van der Waals surface area contributed by atoms with E-state index in [4.69, 9.17) is 0 Å². The predicted octanol–water partition coefficient (Wildman–Crippen LogP) is 4.60. The molecule has 7 rings (SSSR count). The summed E-state index contributed by atoms with van der Waals surface area (Å²) < 4.78 is 0. The van der Waals surface area contributed by atoms with Crippen molar-refractivity contribution in [1.29, 1.82) is 0 Å². The first-order valence-electron chi connectivity index (χ1n) is 12.4. The summed E-state index contributed by atoms with van der Waals surface area (Å²) in [6, 6.07) is 16.8. The molecule has 1 spiro atoms. The molecule has 0 radical (unpaired) electrons. The van der Waals surface area contributed by atoms with Gasteiger partial charge in [-0.2, -0.15) is 0 Å². The van der Waals surface area contributed by atoms with Crippen LogP contribution in [0.3, 0.4) is 0 Å². The second-order valence-corrected chi connectivity index (χ2v) is 9.99. The summed E-state index contributed by atoms with van der Waals surface area (Å²) >= 11 is 0. The third-order valence-electron chi connectivity index (χ3n) is 7.44. The second-order valence-electron chi connectivity index (χ2n) is 9.99. The molecule has 0 bridgehead atoms. The van der Waals surface area contributed by atoms with E-state index in [0.717, 1.165) is 61.3 Å². The Kier molecular flexibility index (Phi) is 5.05. The van der Waals surface area contributed by atoms with Crippen molar-refractivity contribution in [2.24, 2.45) is 10.9 Å². The fourth-order valence-electron chi connectivity index (χ4n) is 5.01. The number of nitrogens with zero attached hydrogens (tertiary/aromatic N) is 3. The van der Waals surface area contributed by atoms with E-state index in [1.807, 2.05) is 18.1 Å². The SMILES string of the molecule is CN1C(=O)C2(CC2)N=C1c1ccc(-c2ccc3[nH]ccc3c2)cc1.O=C(C1CC1)N1CCCC1. The van der Waals surface area contributed by atoms with Gasteiger partial charge in [0.2, 0.25) is 5.91 Å². The first-order chi connectivity index (χ1) is 16.5. The molecule has 6 heteroatoms. The van der Waals surface area contributed by atoms with Gasteiger partial charge in [0.1, 0.15) is 11.4 Å². The van der Waals surface area contributed by atoms with Gasteiger partial charge in [-0.15, -0.1) is 0 Å². The van der Waals surface area contributed by atoms with Crippen LogP contribution in [0.4, 0.5) is 0 Å². The summed E-state index contributed by atoms with van der Waals surface area (Å²) in [5.41, 5.74) is 4.06. The molecular weight excluding hydrogens is 424 g/mol. The summed E-state index contributed by atoms with van der Waals surface area (Å²) in [6.45, 7) is 2.05. The fraction of sp³-hybridized carbons (Fsp3) is 0.393. The molecule has 1 saturated heterocycles. The van der Waals surface area contributed by atoms with E-state index in [1.165, 1.54) is 23.8 Å².